The van der Waals surface area contributed by atoms with Gasteiger partial charge in [0.2, 0.25) is 0 Å². The van der Waals surface area contributed by atoms with Crippen LogP contribution in [0.2, 0.25) is 0 Å². The summed E-state index contributed by atoms with van der Waals surface area (Å²) < 4.78 is 5.82. The van der Waals surface area contributed by atoms with Gasteiger partial charge < -0.3 is 19.7 Å². The van der Waals surface area contributed by atoms with Crippen molar-refractivity contribution in [1.82, 2.24) is 0 Å². The van der Waals surface area contributed by atoms with E-state index in [-0.39, 0.29) is 117 Å². The molecule has 8 atom stereocenters. The fourth-order valence-electron chi connectivity index (χ4n) is 8.71. The summed E-state index contributed by atoms with van der Waals surface area (Å²) >= 11 is 0. The molecular formula is C28H41KO6. The Bertz CT molecular complexity index is 898. The van der Waals surface area contributed by atoms with Gasteiger partial charge in [-0.15, -0.1) is 0 Å². The number of carbonyl (C=O) groups excluding carboxylic acids is 3. The molecule has 4 aliphatic carbocycles. The van der Waals surface area contributed by atoms with E-state index in [1.165, 1.54) is 0 Å². The van der Waals surface area contributed by atoms with Gasteiger partial charge in [0.1, 0.15) is 0 Å². The molecule has 4 rings (SSSR count). The number of ketones is 1. The summed E-state index contributed by atoms with van der Waals surface area (Å²) in [6, 6.07) is 0. The minimum absolute atomic E-state index is 0. The Morgan fingerprint density at radius 2 is 1.83 bits per heavy atom. The van der Waals surface area contributed by atoms with Gasteiger partial charge in [-0.05, 0) is 106 Å². The molecule has 0 amide bonds. The van der Waals surface area contributed by atoms with Crippen molar-refractivity contribution in [1.29, 1.82) is 0 Å². The predicted octanol–water partition coefficient (Wildman–Crippen LogP) is 0.597. The molecule has 0 radical (unpaired) electrons. The minimum Gasteiger partial charge on any atom is -0.550 e. The quantitative estimate of drug-likeness (QED) is 0.413. The summed E-state index contributed by atoms with van der Waals surface area (Å²) in [5, 5.41) is 23.0. The number of ether oxygens (including phenoxy) is 1. The molecule has 7 heteroatoms. The number of carboxylic acids is 1. The monoisotopic (exact) mass is 512 g/mol. The SMILES string of the molecule is CC[C@@H]1C2=CC(=O)CC[C@]2(C)[C@H]2CC[C@@]3(C)[C@@H](CC[C@@]3(O)CCC(=O)[O-])[C@@H]2[C@H]1C(=O)OC(C)C.[K+]. The molecule has 35 heavy (non-hydrogen) atoms. The summed E-state index contributed by atoms with van der Waals surface area (Å²) in [6.07, 6.45) is 6.72. The van der Waals surface area contributed by atoms with E-state index in [2.05, 4.69) is 20.8 Å². The third kappa shape index (κ3) is 4.80. The van der Waals surface area contributed by atoms with Gasteiger partial charge in [-0.3, -0.25) is 9.59 Å². The van der Waals surface area contributed by atoms with Gasteiger partial charge in [0.15, 0.2) is 5.78 Å². The number of carbonyl (C=O) groups is 3. The van der Waals surface area contributed by atoms with Crippen molar-refractivity contribution in [3.63, 3.8) is 0 Å². The van der Waals surface area contributed by atoms with Crippen molar-refractivity contribution in [3.05, 3.63) is 11.6 Å². The summed E-state index contributed by atoms with van der Waals surface area (Å²) in [5.41, 5.74) is -0.537. The molecule has 3 fully saturated rings. The fourth-order valence-corrected chi connectivity index (χ4v) is 8.71. The van der Waals surface area contributed by atoms with Crippen LogP contribution in [-0.4, -0.2) is 34.5 Å². The first kappa shape index (κ1) is 29.5. The van der Waals surface area contributed by atoms with Crippen LogP contribution in [0.4, 0.5) is 0 Å². The van der Waals surface area contributed by atoms with Crippen molar-refractivity contribution in [2.75, 3.05) is 0 Å². The number of allylic oxidation sites excluding steroid dienone is 1. The zero-order valence-electron chi connectivity index (χ0n) is 22.4. The Hall–Kier alpha value is -0.0536. The molecule has 190 valence electrons. The molecule has 1 N–H and O–H groups in total. The van der Waals surface area contributed by atoms with Crippen LogP contribution in [0, 0.1) is 40.4 Å². The average molecular weight is 513 g/mol. The van der Waals surface area contributed by atoms with Gasteiger partial charge in [0.25, 0.3) is 0 Å². The minimum atomic E-state index is -1.13. The molecule has 0 aliphatic heterocycles. The molecule has 0 heterocycles. The number of rotatable bonds is 6. The first-order valence-corrected chi connectivity index (χ1v) is 13.3. The van der Waals surface area contributed by atoms with Crippen LogP contribution in [-0.2, 0) is 19.1 Å². The molecule has 0 aromatic heterocycles. The number of esters is 1. The summed E-state index contributed by atoms with van der Waals surface area (Å²) in [6.45, 7) is 10.2. The van der Waals surface area contributed by atoms with E-state index in [0.717, 1.165) is 37.7 Å². The molecule has 0 aromatic rings. The molecule has 6 nitrogen and oxygen atoms in total. The van der Waals surface area contributed by atoms with E-state index < -0.39 is 17.0 Å². The van der Waals surface area contributed by atoms with Crippen LogP contribution >= 0.6 is 0 Å². The fraction of sp³-hybridized carbons (Fsp3) is 0.821. The Labute approximate surface area is 252 Å². The van der Waals surface area contributed by atoms with Gasteiger partial charge in [-0.2, -0.15) is 0 Å². The molecule has 4 aliphatic rings. The maximum Gasteiger partial charge on any atom is 1.00 e. The van der Waals surface area contributed by atoms with Crippen LogP contribution < -0.4 is 56.5 Å². The van der Waals surface area contributed by atoms with Crippen LogP contribution in [0.5, 0.6) is 0 Å². The number of hydrogen-bond donors (Lipinski definition) is 1. The third-order valence-electron chi connectivity index (χ3n) is 10.4. The van der Waals surface area contributed by atoms with Crippen molar-refractivity contribution in [2.24, 2.45) is 40.4 Å². The average Bonchev–Trinajstić information content (AvgIpc) is 3.02. The summed E-state index contributed by atoms with van der Waals surface area (Å²) in [5.74, 6) is -1.19. The predicted molar refractivity (Wildman–Crippen MR) is 125 cm³/mol. The summed E-state index contributed by atoms with van der Waals surface area (Å²) in [4.78, 5) is 37.4. The Balaban J connectivity index is 0.00000342. The Kier molecular flexibility index (Phi) is 8.94. The van der Waals surface area contributed by atoms with Crippen molar-refractivity contribution >= 4 is 17.7 Å². The van der Waals surface area contributed by atoms with Gasteiger partial charge in [-0.25, -0.2) is 0 Å². The normalized spacial score (nSPS) is 42.3. The maximum absolute atomic E-state index is 13.7. The number of hydrogen-bond acceptors (Lipinski definition) is 6. The van der Waals surface area contributed by atoms with Crippen LogP contribution in [0.3, 0.4) is 0 Å². The standard InChI is InChI=1S/C28H42O6.K/c1-6-18-21-15-17(29)7-11-26(21,4)19-8-12-27(5)20(9-13-28(27,33)14-10-22(30)31)24(19)23(18)25(32)34-16(2)3;/h15-16,18-20,23-24,33H,6-14H2,1-5H3,(H,30,31);/q;+1/p-1/t18-,19+,20+,23+,24-,26-,27+,28-;/m1./s1. The largest absolute Gasteiger partial charge is 1.00 e. The Morgan fingerprint density at radius 3 is 2.43 bits per heavy atom. The summed E-state index contributed by atoms with van der Waals surface area (Å²) in [7, 11) is 0. The van der Waals surface area contributed by atoms with E-state index in [0.29, 0.717) is 12.8 Å². The van der Waals surface area contributed by atoms with Gasteiger partial charge in [0, 0.05) is 12.4 Å². The first-order valence-electron chi connectivity index (χ1n) is 13.3. The van der Waals surface area contributed by atoms with Crippen LogP contribution in [0.15, 0.2) is 11.6 Å². The van der Waals surface area contributed by atoms with E-state index >= 15 is 0 Å². The van der Waals surface area contributed by atoms with Gasteiger partial charge in [-0.1, -0.05) is 26.3 Å². The molecule has 0 unspecified atom stereocenters. The second kappa shape index (κ2) is 10.6. The molecule has 0 spiro atoms. The van der Waals surface area contributed by atoms with E-state index in [4.69, 9.17) is 4.74 Å². The second-order valence-corrected chi connectivity index (χ2v) is 12.2. The third-order valence-corrected chi connectivity index (χ3v) is 10.4. The Morgan fingerprint density at radius 1 is 1.17 bits per heavy atom. The number of aliphatic carboxylic acids is 1. The topological polar surface area (TPSA) is 104 Å². The first-order chi connectivity index (χ1) is 15.9. The van der Waals surface area contributed by atoms with E-state index in [1.807, 2.05) is 19.9 Å². The van der Waals surface area contributed by atoms with Crippen molar-refractivity contribution in [2.45, 2.75) is 104 Å². The van der Waals surface area contributed by atoms with E-state index in [9.17, 15) is 24.6 Å². The van der Waals surface area contributed by atoms with E-state index in [1.54, 1.807) is 0 Å². The second-order valence-electron chi connectivity index (χ2n) is 12.2. The van der Waals surface area contributed by atoms with Crippen LogP contribution in [0.1, 0.15) is 92.4 Å². The van der Waals surface area contributed by atoms with Crippen molar-refractivity contribution in [3.8, 4) is 0 Å². The number of aliphatic hydroxyl groups is 1. The molecule has 0 saturated heterocycles. The molecule has 0 aromatic carbocycles. The zero-order chi connectivity index (χ0) is 25.1. The van der Waals surface area contributed by atoms with Gasteiger partial charge >= 0.3 is 57.4 Å². The zero-order valence-corrected chi connectivity index (χ0v) is 25.5. The molecule has 0 bridgehead atoms. The number of carboxylic acid groups (broad SMARTS) is 1. The maximum atomic E-state index is 13.7. The van der Waals surface area contributed by atoms with Gasteiger partial charge in [0.05, 0.1) is 17.6 Å². The molecular weight excluding hydrogens is 471 g/mol. The smallest absolute Gasteiger partial charge is 0.550 e. The molecule has 3 saturated carbocycles. The van der Waals surface area contributed by atoms with Crippen LogP contribution in [0.25, 0.3) is 0 Å². The van der Waals surface area contributed by atoms with Crippen molar-refractivity contribution < 1.29 is 80.7 Å². The number of fused-ring (bicyclic) bond motifs is 5.